The van der Waals surface area contributed by atoms with Crippen LogP contribution in [0.1, 0.15) is 29.7 Å². The third kappa shape index (κ3) is 3.34. The summed E-state index contributed by atoms with van der Waals surface area (Å²) in [5.41, 5.74) is 1.89. The van der Waals surface area contributed by atoms with E-state index in [9.17, 15) is 14.0 Å². The second kappa shape index (κ2) is 6.90. The van der Waals surface area contributed by atoms with Crippen LogP contribution in [-0.2, 0) is 24.2 Å². The number of carbonyl (C=O) groups is 1. The van der Waals surface area contributed by atoms with E-state index < -0.39 is 0 Å². The topological polar surface area (TPSA) is 69.3 Å². The Morgan fingerprint density at radius 2 is 2.04 bits per heavy atom. The lowest BCUT2D eigenvalue weighted by atomic mass is 10.0. The van der Waals surface area contributed by atoms with Crippen LogP contribution >= 0.6 is 0 Å². The summed E-state index contributed by atoms with van der Waals surface area (Å²) in [6, 6.07) is 6.09. The maximum Gasteiger partial charge on any atom is 0.255 e. The van der Waals surface area contributed by atoms with Gasteiger partial charge in [0.1, 0.15) is 5.82 Å². The summed E-state index contributed by atoms with van der Waals surface area (Å²) in [6.07, 6.45) is 2.83. The summed E-state index contributed by atoms with van der Waals surface area (Å²) in [7, 11) is 0. The number of rotatable bonds is 3. The van der Waals surface area contributed by atoms with E-state index in [1.165, 1.54) is 12.1 Å². The fourth-order valence-electron chi connectivity index (χ4n) is 3.65. The molecule has 2 aliphatic rings. The highest BCUT2D eigenvalue weighted by Crippen LogP contribution is 2.20. The largest absolute Gasteiger partial charge is 0.342 e. The molecule has 4 rings (SSSR count). The molecule has 0 aliphatic carbocycles. The van der Waals surface area contributed by atoms with Crippen molar-refractivity contribution in [3.8, 4) is 0 Å². The first kappa shape index (κ1) is 16.8. The Hall–Kier alpha value is -2.70. The number of nitrogens with one attached hydrogen (secondary N) is 1. The number of halogens is 1. The molecule has 2 aliphatic heterocycles. The number of hydrogen-bond acceptors (Lipinski definition) is 4. The first-order valence-corrected chi connectivity index (χ1v) is 8.99. The van der Waals surface area contributed by atoms with Crippen LogP contribution in [-0.4, -0.2) is 40.4 Å². The Morgan fingerprint density at radius 1 is 1.23 bits per heavy atom. The molecule has 26 heavy (non-hydrogen) atoms. The van der Waals surface area contributed by atoms with Gasteiger partial charge in [0.2, 0.25) is 11.9 Å². The number of benzene rings is 1. The molecular formula is C19H21FN4O2. The van der Waals surface area contributed by atoms with Crippen molar-refractivity contribution in [1.82, 2.24) is 14.9 Å². The summed E-state index contributed by atoms with van der Waals surface area (Å²) in [5, 5.41) is 0. The minimum Gasteiger partial charge on any atom is -0.342 e. The zero-order chi connectivity index (χ0) is 18.1. The lowest BCUT2D eigenvalue weighted by Gasteiger charge is -2.28. The van der Waals surface area contributed by atoms with E-state index >= 15 is 0 Å². The number of H-pyrrole nitrogens is 1. The van der Waals surface area contributed by atoms with Gasteiger partial charge >= 0.3 is 0 Å². The van der Waals surface area contributed by atoms with Gasteiger partial charge in [0.15, 0.2) is 0 Å². The number of fused-ring (bicyclic) bond motifs is 1. The van der Waals surface area contributed by atoms with E-state index in [-0.39, 0.29) is 23.7 Å². The van der Waals surface area contributed by atoms with Crippen molar-refractivity contribution in [2.75, 3.05) is 24.5 Å². The third-order valence-electron chi connectivity index (χ3n) is 5.06. The molecule has 0 unspecified atom stereocenters. The highest BCUT2D eigenvalue weighted by atomic mass is 19.1. The number of aromatic amines is 1. The van der Waals surface area contributed by atoms with Crippen molar-refractivity contribution in [2.24, 2.45) is 0 Å². The Balaban J connectivity index is 1.52. The molecule has 1 aromatic carbocycles. The molecule has 1 fully saturated rings. The molecule has 2 aromatic rings. The van der Waals surface area contributed by atoms with Crippen molar-refractivity contribution in [3.63, 3.8) is 0 Å². The second-order valence-electron chi connectivity index (χ2n) is 6.88. The van der Waals surface area contributed by atoms with E-state index in [0.717, 1.165) is 25.9 Å². The molecule has 0 bridgehead atoms. The highest BCUT2D eigenvalue weighted by molar-refractivity contribution is 5.79. The van der Waals surface area contributed by atoms with Crippen molar-refractivity contribution < 1.29 is 9.18 Å². The van der Waals surface area contributed by atoms with Crippen LogP contribution in [0.15, 0.2) is 29.1 Å². The van der Waals surface area contributed by atoms with Gasteiger partial charge < -0.3 is 9.80 Å². The summed E-state index contributed by atoms with van der Waals surface area (Å²) in [5.74, 6) is 0.180. The maximum atomic E-state index is 13.3. The number of hydrogen-bond donors (Lipinski definition) is 1. The molecule has 0 saturated carbocycles. The van der Waals surface area contributed by atoms with Gasteiger partial charge in [-0.3, -0.25) is 14.6 Å². The molecule has 6 nitrogen and oxygen atoms in total. The van der Waals surface area contributed by atoms with Crippen LogP contribution < -0.4 is 10.5 Å². The molecule has 0 atom stereocenters. The Bertz CT molecular complexity index is 889. The Labute approximate surface area is 150 Å². The fraction of sp³-hybridized carbons (Fsp3) is 0.421. The van der Waals surface area contributed by atoms with Gasteiger partial charge in [0.25, 0.3) is 5.56 Å². The first-order valence-electron chi connectivity index (χ1n) is 8.99. The summed E-state index contributed by atoms with van der Waals surface area (Å²) >= 11 is 0. The van der Waals surface area contributed by atoms with Gasteiger partial charge in [-0.05, 0) is 37.0 Å². The van der Waals surface area contributed by atoms with Gasteiger partial charge in [-0.2, -0.15) is 0 Å². The van der Waals surface area contributed by atoms with Gasteiger partial charge in [-0.15, -0.1) is 0 Å². The normalized spacial score (nSPS) is 16.7. The first-order chi connectivity index (χ1) is 12.6. The zero-order valence-electron chi connectivity index (χ0n) is 14.5. The van der Waals surface area contributed by atoms with Gasteiger partial charge in [-0.25, -0.2) is 9.37 Å². The highest BCUT2D eigenvalue weighted by Gasteiger charge is 2.26. The standard InChI is InChI=1S/C19H21FN4O2/c20-14-5-3-4-13(10-14)11-17(25)24-9-6-15-16(12-24)21-19(22-18(15)26)23-7-1-2-8-23/h3-5,10H,1-2,6-9,11-12H2,(H,21,22,26). The summed E-state index contributed by atoms with van der Waals surface area (Å²) in [6.45, 7) is 2.59. The minimum absolute atomic E-state index is 0.0777. The van der Waals surface area contributed by atoms with Crippen LogP contribution in [0.5, 0.6) is 0 Å². The number of anilines is 1. The minimum atomic E-state index is -0.345. The average molecular weight is 356 g/mol. The van der Waals surface area contributed by atoms with Crippen LogP contribution in [0.25, 0.3) is 0 Å². The molecule has 0 radical (unpaired) electrons. The van der Waals surface area contributed by atoms with E-state index in [4.69, 9.17) is 0 Å². The monoisotopic (exact) mass is 356 g/mol. The molecule has 1 aromatic heterocycles. The molecule has 1 N–H and O–H groups in total. The van der Waals surface area contributed by atoms with Crippen molar-refractivity contribution in [3.05, 3.63) is 57.3 Å². The van der Waals surface area contributed by atoms with E-state index in [0.29, 0.717) is 42.3 Å². The molecule has 7 heteroatoms. The Morgan fingerprint density at radius 3 is 2.81 bits per heavy atom. The molecule has 1 saturated heterocycles. The predicted molar refractivity (Wildman–Crippen MR) is 95.5 cm³/mol. The van der Waals surface area contributed by atoms with Gasteiger partial charge in [0.05, 0.1) is 18.7 Å². The van der Waals surface area contributed by atoms with E-state index in [1.54, 1.807) is 17.0 Å². The SMILES string of the molecule is O=C(Cc1cccc(F)c1)N1CCc2c(nc(N3CCCC3)[nH]c2=O)C1. The zero-order valence-corrected chi connectivity index (χ0v) is 14.5. The number of aromatic nitrogens is 2. The van der Waals surface area contributed by atoms with Crippen molar-refractivity contribution in [1.29, 1.82) is 0 Å². The lowest BCUT2D eigenvalue weighted by molar-refractivity contribution is -0.131. The molecule has 0 spiro atoms. The van der Waals surface area contributed by atoms with E-state index in [2.05, 4.69) is 14.9 Å². The summed E-state index contributed by atoms with van der Waals surface area (Å²) < 4.78 is 13.3. The van der Waals surface area contributed by atoms with Crippen LogP contribution in [0, 0.1) is 5.82 Å². The lowest BCUT2D eigenvalue weighted by Crippen LogP contribution is -2.40. The van der Waals surface area contributed by atoms with Crippen LogP contribution in [0.4, 0.5) is 10.3 Å². The van der Waals surface area contributed by atoms with Gasteiger partial charge in [-0.1, -0.05) is 12.1 Å². The maximum absolute atomic E-state index is 13.3. The fourth-order valence-corrected chi connectivity index (χ4v) is 3.65. The van der Waals surface area contributed by atoms with Crippen molar-refractivity contribution >= 4 is 11.9 Å². The Kier molecular flexibility index (Phi) is 4.44. The quantitative estimate of drug-likeness (QED) is 0.908. The van der Waals surface area contributed by atoms with Crippen LogP contribution in [0.3, 0.4) is 0 Å². The average Bonchev–Trinajstić information content (AvgIpc) is 3.16. The summed E-state index contributed by atoms with van der Waals surface area (Å²) in [4.78, 5) is 36.3. The predicted octanol–water partition coefficient (Wildman–Crippen LogP) is 1.64. The molecule has 1 amide bonds. The molecule has 3 heterocycles. The second-order valence-corrected chi connectivity index (χ2v) is 6.88. The smallest absolute Gasteiger partial charge is 0.255 e. The van der Waals surface area contributed by atoms with Crippen LogP contribution in [0.2, 0.25) is 0 Å². The van der Waals surface area contributed by atoms with Gasteiger partial charge in [0, 0.05) is 25.2 Å². The van der Waals surface area contributed by atoms with Crippen molar-refractivity contribution in [2.45, 2.75) is 32.2 Å². The number of amides is 1. The molecular weight excluding hydrogens is 335 g/mol. The third-order valence-corrected chi connectivity index (χ3v) is 5.06. The molecule has 136 valence electrons. The van der Waals surface area contributed by atoms with E-state index in [1.807, 2.05) is 0 Å². The number of carbonyl (C=O) groups excluding carboxylic acids is 1. The number of nitrogens with zero attached hydrogens (tertiary/aromatic N) is 3.